The maximum Gasteiger partial charge on any atom is 0.149 e. The van der Waals surface area contributed by atoms with Gasteiger partial charge >= 0.3 is 0 Å². The summed E-state index contributed by atoms with van der Waals surface area (Å²) in [6.07, 6.45) is 8.83. The summed E-state index contributed by atoms with van der Waals surface area (Å²) in [5, 5.41) is 9.00. The minimum absolute atomic E-state index is 0.319. The molecule has 4 nitrogen and oxygen atoms in total. The number of fused-ring (bicyclic) bond motifs is 2. The van der Waals surface area contributed by atoms with Gasteiger partial charge in [-0.3, -0.25) is 0 Å². The predicted octanol–water partition coefficient (Wildman–Crippen LogP) is 5.99. The number of benzene rings is 2. The minimum atomic E-state index is -0.491. The van der Waals surface area contributed by atoms with E-state index in [0.29, 0.717) is 12.5 Å². The van der Waals surface area contributed by atoms with Gasteiger partial charge in [0.05, 0.1) is 13.4 Å². The Bertz CT molecular complexity index is 1140. The summed E-state index contributed by atoms with van der Waals surface area (Å²) >= 11 is 0. The molecule has 188 valence electrons. The van der Waals surface area contributed by atoms with Crippen molar-refractivity contribution in [1.29, 1.82) is 0 Å². The fourth-order valence-corrected chi connectivity index (χ4v) is 6.46. The normalized spacial score (nSPS) is 15.1. The molecule has 0 fully saturated rings. The van der Waals surface area contributed by atoms with Crippen LogP contribution in [0, 0.1) is 31.2 Å². The van der Waals surface area contributed by atoms with Gasteiger partial charge in [-0.1, -0.05) is 49.8 Å². The maximum absolute atomic E-state index is 7.88. The predicted molar refractivity (Wildman–Crippen MR) is 150 cm³/mol. The van der Waals surface area contributed by atoms with E-state index in [1.807, 2.05) is 6.92 Å². The number of nitrogens with zero attached hydrogens (tertiary/aromatic N) is 2. The summed E-state index contributed by atoms with van der Waals surface area (Å²) in [5.74, 6) is 1.68. The van der Waals surface area contributed by atoms with Gasteiger partial charge in [0, 0.05) is 37.0 Å². The first-order valence-corrected chi connectivity index (χ1v) is 14.3. The van der Waals surface area contributed by atoms with E-state index in [1.54, 1.807) is 7.11 Å². The summed E-state index contributed by atoms with van der Waals surface area (Å²) in [5.41, 5.74) is 6.14. The largest absolute Gasteiger partial charge is 0.496 e. The lowest BCUT2D eigenvalue weighted by atomic mass is 10.0. The van der Waals surface area contributed by atoms with Crippen molar-refractivity contribution in [1.82, 2.24) is 0 Å². The lowest BCUT2D eigenvalue weighted by Crippen LogP contribution is -2.29. The second kappa shape index (κ2) is 13.1. The Morgan fingerprint density at radius 3 is 2.38 bits per heavy atom. The van der Waals surface area contributed by atoms with Crippen LogP contribution in [0.5, 0.6) is 5.75 Å². The Morgan fingerprint density at radius 1 is 1.15 bits per heavy atom. The van der Waals surface area contributed by atoms with Crippen LogP contribution in [0.15, 0.2) is 40.2 Å². The van der Waals surface area contributed by atoms with Crippen LogP contribution in [0.3, 0.4) is 0 Å². The number of rotatable bonds is 8. The van der Waals surface area contributed by atoms with Gasteiger partial charge in [-0.2, -0.15) is 0 Å². The molecule has 2 atom stereocenters. The standard InChI is InChI=1S/C26H36N2OS.C3H8O/c1-9-11-14-28(16-17(3)10-2)21-12-13-22-23(15-21)30(8)26-20(6)25(29-7)19(5)18(4)24(26)27-22;1-2-3-4/h9,11-13,15,17H,10,14,16H2,1-8H3;4H,2-3H2,1H3/p+1/b11-9-;. The van der Waals surface area contributed by atoms with Gasteiger partial charge in [0.15, 0.2) is 0 Å². The maximum atomic E-state index is 7.88. The van der Waals surface area contributed by atoms with Crippen molar-refractivity contribution in [3.05, 3.63) is 56.9 Å². The molecule has 0 bridgehead atoms. The van der Waals surface area contributed by atoms with Crippen LogP contribution in [-0.4, -0.2) is 38.2 Å². The Balaban J connectivity index is 0.000000945. The number of methoxy groups -OCH3 is 1. The van der Waals surface area contributed by atoms with Crippen LogP contribution in [-0.2, 0) is 10.5 Å². The van der Waals surface area contributed by atoms with Gasteiger partial charge in [0.1, 0.15) is 26.2 Å². The molecule has 1 heterocycles. The summed E-state index contributed by atoms with van der Waals surface area (Å²) in [4.78, 5) is 9.00. The quantitative estimate of drug-likeness (QED) is 0.216. The molecule has 1 aliphatic rings. The van der Waals surface area contributed by atoms with Gasteiger partial charge in [-0.25, -0.2) is 4.99 Å². The van der Waals surface area contributed by atoms with Crippen LogP contribution in [0.25, 0.3) is 0 Å². The van der Waals surface area contributed by atoms with Crippen molar-refractivity contribution in [2.24, 2.45) is 10.9 Å². The first kappa shape index (κ1) is 28.1. The second-order valence-electron chi connectivity index (χ2n) is 9.16. The van der Waals surface area contributed by atoms with Gasteiger partial charge in [-0.05, 0) is 63.3 Å². The highest BCUT2D eigenvalue weighted by molar-refractivity contribution is 7.88. The summed E-state index contributed by atoms with van der Waals surface area (Å²) in [6, 6.07) is 6.86. The zero-order valence-corrected chi connectivity index (χ0v) is 23.6. The molecule has 0 saturated heterocycles. The number of aliphatic hydroxyl groups excluding tert-OH is 1. The lowest BCUT2D eigenvalue weighted by Gasteiger charge is -2.26. The van der Waals surface area contributed by atoms with E-state index < -0.39 is 10.5 Å². The van der Waals surface area contributed by atoms with Crippen molar-refractivity contribution < 1.29 is 9.84 Å². The number of aliphatic hydroxyl groups is 1. The van der Waals surface area contributed by atoms with Crippen LogP contribution < -0.4 is 15.0 Å². The molecule has 34 heavy (non-hydrogen) atoms. The third-order valence-electron chi connectivity index (χ3n) is 6.65. The Hall–Kier alpha value is -2.11. The lowest BCUT2D eigenvalue weighted by molar-refractivity contribution is 0.295. The summed E-state index contributed by atoms with van der Waals surface area (Å²) in [7, 11) is 1.29. The first-order chi connectivity index (χ1) is 16.2. The molecule has 2 aromatic rings. The minimum Gasteiger partial charge on any atom is -0.496 e. The molecular weight excluding hydrogens is 440 g/mol. The summed E-state index contributed by atoms with van der Waals surface area (Å²) < 4.78 is 7.15. The van der Waals surface area contributed by atoms with Gasteiger partial charge in [0.2, 0.25) is 0 Å². The van der Waals surface area contributed by atoms with Gasteiger partial charge in [0.25, 0.3) is 0 Å². The number of allylic oxidation sites excluding steroid dienone is 1. The molecule has 0 amide bonds. The molecule has 5 heteroatoms. The monoisotopic (exact) mass is 485 g/mol. The van der Waals surface area contributed by atoms with Crippen molar-refractivity contribution in [2.75, 3.05) is 38.0 Å². The summed E-state index contributed by atoms with van der Waals surface area (Å²) in [6.45, 7) is 17.5. The van der Waals surface area contributed by atoms with Crippen molar-refractivity contribution in [3.63, 3.8) is 0 Å². The highest BCUT2D eigenvalue weighted by Gasteiger charge is 2.25. The molecular formula is C29H45N2O2S+. The van der Waals surface area contributed by atoms with Crippen LogP contribution >= 0.6 is 0 Å². The van der Waals surface area contributed by atoms with E-state index in [1.165, 1.54) is 38.2 Å². The van der Waals surface area contributed by atoms with Crippen molar-refractivity contribution in [3.8, 4) is 5.75 Å². The molecule has 2 unspecified atom stereocenters. The number of hydrogen-bond donors (Lipinski definition) is 1. The molecule has 1 aliphatic heterocycles. The molecule has 0 aliphatic carbocycles. The van der Waals surface area contributed by atoms with Crippen molar-refractivity contribution in [2.45, 2.75) is 66.2 Å². The van der Waals surface area contributed by atoms with E-state index in [-0.39, 0.29) is 0 Å². The molecule has 0 spiro atoms. The number of thiol groups is 1. The average Bonchev–Trinajstić information content (AvgIpc) is 2.85. The first-order valence-electron chi connectivity index (χ1n) is 12.5. The zero-order chi connectivity index (χ0) is 25.4. The topological polar surface area (TPSA) is 45.1 Å². The van der Waals surface area contributed by atoms with Crippen molar-refractivity contribution >= 4 is 21.9 Å². The van der Waals surface area contributed by atoms with E-state index >= 15 is 0 Å². The van der Waals surface area contributed by atoms with E-state index in [4.69, 9.17) is 14.8 Å². The molecule has 1 N–H and O–H groups in total. The van der Waals surface area contributed by atoms with E-state index in [9.17, 15) is 0 Å². The van der Waals surface area contributed by atoms with E-state index in [0.717, 1.165) is 36.3 Å². The molecule has 0 saturated carbocycles. The van der Waals surface area contributed by atoms with Crippen LogP contribution in [0.1, 0.15) is 57.2 Å². The number of hydrogen-bond acceptors (Lipinski definition) is 4. The third-order valence-corrected chi connectivity index (χ3v) is 8.95. The highest BCUT2D eigenvalue weighted by atomic mass is 32.2. The smallest absolute Gasteiger partial charge is 0.149 e. The molecule has 3 rings (SSSR count). The number of anilines is 1. The van der Waals surface area contributed by atoms with Crippen LogP contribution in [0.2, 0.25) is 0 Å². The number of ether oxygens (including phenoxy) is 1. The Morgan fingerprint density at radius 2 is 1.82 bits per heavy atom. The SMILES string of the molecule is C/C=C\CN(CC(C)CC)c1ccc2c(c1)=[SH+](C)c1c(C)c(OC)c(C)c(C)c1N=2.CCCO. The molecule has 0 radical (unpaired) electrons. The Kier molecular flexibility index (Phi) is 10.8. The van der Waals surface area contributed by atoms with Gasteiger partial charge < -0.3 is 14.7 Å². The van der Waals surface area contributed by atoms with Crippen LogP contribution in [0.4, 0.5) is 11.4 Å². The molecule has 0 aromatic heterocycles. The highest BCUT2D eigenvalue weighted by Crippen LogP contribution is 2.40. The van der Waals surface area contributed by atoms with E-state index in [2.05, 4.69) is 83.0 Å². The fourth-order valence-electron chi connectivity index (χ4n) is 4.28. The fraction of sp³-hybridized carbons (Fsp3) is 0.517. The second-order valence-corrected chi connectivity index (χ2v) is 11.2. The average molecular weight is 486 g/mol. The van der Waals surface area contributed by atoms with Gasteiger partial charge in [-0.15, -0.1) is 0 Å². The Labute approximate surface area is 209 Å². The molecule has 2 aromatic carbocycles. The third kappa shape index (κ3) is 6.11. The zero-order valence-electron chi connectivity index (χ0n) is 22.7.